The number of hydrogen-bond acceptors (Lipinski definition) is 8. The SMILES string of the molecule is Cc1cc(C)nc(NC(C(=O)N2CCC[C@H]2C(=O)N[C@]2(C(=O)NS(=O)(=O)C3CC3)C[C@H]2C(C)C)C(C)C)n1. The van der Waals surface area contributed by atoms with Crippen molar-refractivity contribution in [2.24, 2.45) is 17.8 Å². The van der Waals surface area contributed by atoms with Crippen LogP contribution in [-0.4, -0.2) is 70.4 Å². The summed E-state index contributed by atoms with van der Waals surface area (Å²) in [6.45, 7) is 11.9. The van der Waals surface area contributed by atoms with Gasteiger partial charge in [-0.15, -0.1) is 0 Å². The molecule has 2 heterocycles. The predicted molar refractivity (Wildman–Crippen MR) is 142 cm³/mol. The summed E-state index contributed by atoms with van der Waals surface area (Å²) in [7, 11) is -3.75. The number of sulfonamides is 1. The number of rotatable bonds is 10. The molecule has 3 amide bonds. The van der Waals surface area contributed by atoms with Crippen LogP contribution in [0.1, 0.15) is 71.2 Å². The van der Waals surface area contributed by atoms with E-state index in [4.69, 9.17) is 0 Å². The zero-order valence-corrected chi connectivity index (χ0v) is 23.9. The van der Waals surface area contributed by atoms with Gasteiger partial charge in [-0.3, -0.25) is 19.1 Å². The maximum Gasteiger partial charge on any atom is 0.259 e. The molecule has 0 radical (unpaired) electrons. The Morgan fingerprint density at radius 3 is 2.21 bits per heavy atom. The highest BCUT2D eigenvalue weighted by Crippen LogP contribution is 2.49. The second-order valence-corrected chi connectivity index (χ2v) is 13.7. The van der Waals surface area contributed by atoms with Gasteiger partial charge in [-0.05, 0) is 69.8 Å². The first kappa shape index (κ1) is 28.3. The lowest BCUT2D eigenvalue weighted by atomic mass is 10.0. The summed E-state index contributed by atoms with van der Waals surface area (Å²) in [5.41, 5.74) is 0.280. The summed E-state index contributed by atoms with van der Waals surface area (Å²) in [6, 6.07) is 0.460. The van der Waals surface area contributed by atoms with Gasteiger partial charge in [-0.2, -0.15) is 0 Å². The van der Waals surface area contributed by atoms with Crippen LogP contribution < -0.4 is 15.4 Å². The molecule has 210 valence electrons. The molecule has 38 heavy (non-hydrogen) atoms. The number of aromatic nitrogens is 2. The Kier molecular flexibility index (Phi) is 7.75. The quantitative estimate of drug-likeness (QED) is 0.399. The number of nitrogens with zero attached hydrogens (tertiary/aromatic N) is 3. The van der Waals surface area contributed by atoms with E-state index in [0.29, 0.717) is 44.6 Å². The Morgan fingerprint density at radius 2 is 1.68 bits per heavy atom. The molecule has 3 N–H and O–H groups in total. The zero-order chi connectivity index (χ0) is 28.0. The fourth-order valence-electron chi connectivity index (χ4n) is 5.46. The summed E-state index contributed by atoms with van der Waals surface area (Å²) in [6.07, 6.45) is 2.55. The van der Waals surface area contributed by atoms with E-state index in [9.17, 15) is 22.8 Å². The van der Waals surface area contributed by atoms with Gasteiger partial charge in [-0.1, -0.05) is 27.7 Å². The van der Waals surface area contributed by atoms with E-state index in [0.717, 1.165) is 11.4 Å². The average molecular weight is 549 g/mol. The Hall–Kier alpha value is -2.76. The van der Waals surface area contributed by atoms with Gasteiger partial charge in [0, 0.05) is 17.9 Å². The second-order valence-electron chi connectivity index (χ2n) is 11.7. The van der Waals surface area contributed by atoms with Crippen molar-refractivity contribution >= 4 is 33.7 Å². The lowest BCUT2D eigenvalue weighted by molar-refractivity contribution is -0.140. The van der Waals surface area contributed by atoms with Crippen LogP contribution in [0.25, 0.3) is 0 Å². The highest BCUT2D eigenvalue weighted by Gasteiger charge is 2.63. The largest absolute Gasteiger partial charge is 0.342 e. The summed E-state index contributed by atoms with van der Waals surface area (Å²) in [5.74, 6) is -1.19. The van der Waals surface area contributed by atoms with Gasteiger partial charge in [0.1, 0.15) is 17.6 Å². The van der Waals surface area contributed by atoms with Crippen molar-refractivity contribution in [2.75, 3.05) is 11.9 Å². The van der Waals surface area contributed by atoms with Crippen LogP contribution in [0.15, 0.2) is 6.07 Å². The number of carbonyl (C=O) groups is 3. The Labute approximate surface area is 225 Å². The number of anilines is 1. The zero-order valence-electron chi connectivity index (χ0n) is 23.1. The second kappa shape index (κ2) is 10.4. The van der Waals surface area contributed by atoms with Crippen molar-refractivity contribution in [2.45, 2.75) is 96.5 Å². The van der Waals surface area contributed by atoms with E-state index in [1.165, 1.54) is 0 Å². The van der Waals surface area contributed by atoms with E-state index in [-0.39, 0.29) is 23.7 Å². The summed E-state index contributed by atoms with van der Waals surface area (Å²) >= 11 is 0. The topological polar surface area (TPSA) is 150 Å². The molecule has 1 aliphatic heterocycles. The van der Waals surface area contributed by atoms with Crippen LogP contribution in [-0.2, 0) is 24.4 Å². The molecule has 4 rings (SSSR count). The fourth-order valence-corrected chi connectivity index (χ4v) is 6.83. The molecule has 0 aromatic carbocycles. The van der Waals surface area contributed by atoms with Crippen LogP contribution in [0.5, 0.6) is 0 Å². The van der Waals surface area contributed by atoms with Crippen molar-refractivity contribution in [1.29, 1.82) is 0 Å². The molecular weight excluding hydrogens is 508 g/mol. The molecule has 3 fully saturated rings. The smallest absolute Gasteiger partial charge is 0.259 e. The molecule has 11 nitrogen and oxygen atoms in total. The van der Waals surface area contributed by atoms with E-state index in [2.05, 4.69) is 25.3 Å². The molecule has 1 aromatic heterocycles. The summed E-state index contributed by atoms with van der Waals surface area (Å²) in [5, 5.41) is 5.51. The van der Waals surface area contributed by atoms with E-state index >= 15 is 0 Å². The molecule has 3 aliphatic rings. The van der Waals surface area contributed by atoms with Crippen LogP contribution in [0, 0.1) is 31.6 Å². The van der Waals surface area contributed by atoms with Crippen LogP contribution >= 0.6 is 0 Å². The third kappa shape index (κ3) is 5.79. The molecule has 2 saturated carbocycles. The maximum atomic E-state index is 13.7. The number of likely N-dealkylation sites (tertiary alicyclic amines) is 1. The Morgan fingerprint density at radius 1 is 1.05 bits per heavy atom. The van der Waals surface area contributed by atoms with Crippen LogP contribution in [0.3, 0.4) is 0 Å². The van der Waals surface area contributed by atoms with E-state index < -0.39 is 44.7 Å². The third-order valence-electron chi connectivity index (χ3n) is 7.81. The first-order valence-electron chi connectivity index (χ1n) is 13.5. The Balaban J connectivity index is 1.50. The normalized spacial score (nSPS) is 25.8. The highest BCUT2D eigenvalue weighted by atomic mass is 32.2. The first-order chi connectivity index (χ1) is 17.7. The van der Waals surface area contributed by atoms with Gasteiger partial charge >= 0.3 is 0 Å². The number of carbonyl (C=O) groups excluding carboxylic acids is 3. The number of amides is 3. The fraction of sp³-hybridized carbons (Fsp3) is 0.731. The predicted octanol–water partition coefficient (Wildman–Crippen LogP) is 1.66. The van der Waals surface area contributed by atoms with Crippen molar-refractivity contribution in [3.63, 3.8) is 0 Å². The van der Waals surface area contributed by atoms with Gasteiger partial charge in [-0.25, -0.2) is 18.4 Å². The lowest BCUT2D eigenvalue weighted by Gasteiger charge is -2.31. The van der Waals surface area contributed by atoms with Crippen LogP contribution in [0.2, 0.25) is 0 Å². The molecule has 1 aromatic rings. The van der Waals surface area contributed by atoms with Gasteiger partial charge in [0.25, 0.3) is 5.91 Å². The summed E-state index contributed by atoms with van der Waals surface area (Å²) in [4.78, 5) is 50.8. The number of hydrogen-bond donors (Lipinski definition) is 3. The minimum atomic E-state index is -3.75. The third-order valence-corrected chi connectivity index (χ3v) is 9.63. The minimum Gasteiger partial charge on any atom is -0.342 e. The lowest BCUT2D eigenvalue weighted by Crippen LogP contribution is -2.58. The first-order valence-corrected chi connectivity index (χ1v) is 15.1. The standard InChI is InChI=1S/C26H40N6O5S/c1-14(2)19-13-26(19,24(35)31-38(36,37)18-9-10-18)30-22(33)20-8-7-11-32(20)23(34)21(15(3)4)29-25-27-16(5)12-17(6)28-25/h12,14-15,18-21H,7-11,13H2,1-6H3,(H,30,33)(H,31,35)(H,27,28,29)/t19-,20-,21?,26+/m0/s1. The number of nitrogens with one attached hydrogen (secondary N) is 3. The van der Waals surface area contributed by atoms with Crippen molar-refractivity contribution in [1.82, 2.24) is 24.9 Å². The van der Waals surface area contributed by atoms with Gasteiger partial charge < -0.3 is 15.5 Å². The Bertz CT molecular complexity index is 1190. The van der Waals surface area contributed by atoms with Crippen molar-refractivity contribution in [3.05, 3.63) is 17.5 Å². The molecule has 0 bridgehead atoms. The average Bonchev–Trinajstić information content (AvgIpc) is 3.72. The molecular formula is C26H40N6O5S. The monoisotopic (exact) mass is 548 g/mol. The molecule has 4 atom stereocenters. The molecule has 12 heteroatoms. The molecule has 2 aliphatic carbocycles. The maximum absolute atomic E-state index is 13.7. The summed E-state index contributed by atoms with van der Waals surface area (Å²) < 4.78 is 27.1. The number of aryl methyl sites for hydroxylation is 2. The van der Waals surface area contributed by atoms with E-state index in [1.807, 2.05) is 47.6 Å². The van der Waals surface area contributed by atoms with Gasteiger partial charge in [0.2, 0.25) is 27.8 Å². The van der Waals surface area contributed by atoms with Gasteiger partial charge in [0.05, 0.1) is 5.25 Å². The van der Waals surface area contributed by atoms with Gasteiger partial charge in [0.15, 0.2) is 0 Å². The highest BCUT2D eigenvalue weighted by molar-refractivity contribution is 7.91. The van der Waals surface area contributed by atoms with Crippen LogP contribution in [0.4, 0.5) is 5.95 Å². The van der Waals surface area contributed by atoms with Crippen molar-refractivity contribution < 1.29 is 22.8 Å². The van der Waals surface area contributed by atoms with Crippen molar-refractivity contribution in [3.8, 4) is 0 Å². The molecule has 1 unspecified atom stereocenters. The minimum absolute atomic E-state index is 0.0679. The molecule has 0 spiro atoms. The van der Waals surface area contributed by atoms with E-state index in [1.54, 1.807) is 4.90 Å². The molecule has 1 saturated heterocycles.